The molecule has 6 heteroatoms. The van der Waals surface area contributed by atoms with E-state index in [2.05, 4.69) is 35.5 Å². The maximum absolute atomic E-state index is 6.24. The van der Waals surface area contributed by atoms with E-state index in [1.54, 1.807) is 5.01 Å². The second kappa shape index (κ2) is 7.33. The molecule has 0 spiro atoms. The summed E-state index contributed by atoms with van der Waals surface area (Å²) in [5.41, 5.74) is 3.39. The summed E-state index contributed by atoms with van der Waals surface area (Å²) in [6.45, 7) is 8.41. The van der Waals surface area contributed by atoms with Crippen LogP contribution in [0.4, 0.5) is 0 Å². The molecule has 0 aromatic heterocycles. The van der Waals surface area contributed by atoms with Gasteiger partial charge in [-0.3, -0.25) is 10.0 Å². The molecule has 23 heavy (non-hydrogen) atoms. The molecule has 0 N–H and O–H groups in total. The molecule has 0 atom stereocenters. The molecule has 1 aliphatic heterocycles. The van der Waals surface area contributed by atoms with Gasteiger partial charge >= 0.3 is 0 Å². The van der Waals surface area contributed by atoms with E-state index in [-0.39, 0.29) is 0 Å². The fourth-order valence-corrected chi connectivity index (χ4v) is 2.59. The number of halogens is 1. The molecule has 2 rings (SSSR count). The monoisotopic (exact) mass is 331 g/mol. The van der Waals surface area contributed by atoms with Crippen LogP contribution in [0.2, 0.25) is 0 Å². The van der Waals surface area contributed by atoms with Gasteiger partial charge in [-0.05, 0) is 12.3 Å². The summed E-state index contributed by atoms with van der Waals surface area (Å²) in [6, 6.07) is 10.5. The molecule has 1 aromatic rings. The van der Waals surface area contributed by atoms with Crippen molar-refractivity contribution >= 4 is 24.2 Å². The van der Waals surface area contributed by atoms with Crippen LogP contribution < -0.4 is 0 Å². The zero-order chi connectivity index (χ0) is 17.0. The number of aliphatic imine (C=N–C) groups is 1. The van der Waals surface area contributed by atoms with Crippen molar-refractivity contribution in [2.24, 2.45) is 10.1 Å². The van der Waals surface area contributed by atoms with Crippen LogP contribution in [-0.2, 0) is 6.54 Å². The Balaban J connectivity index is 2.48. The van der Waals surface area contributed by atoms with Gasteiger partial charge in [-0.2, -0.15) is 5.10 Å². The van der Waals surface area contributed by atoms with Crippen molar-refractivity contribution in [3.8, 4) is 0 Å². The molecule has 1 aliphatic rings. The van der Waals surface area contributed by atoms with Crippen LogP contribution in [0, 0.1) is 0 Å². The zero-order valence-corrected chi connectivity index (χ0v) is 14.6. The summed E-state index contributed by atoms with van der Waals surface area (Å²) < 4.78 is 0. The summed E-state index contributed by atoms with van der Waals surface area (Å²) in [5.74, 6) is 0.777. The minimum atomic E-state index is 0.313. The van der Waals surface area contributed by atoms with Crippen LogP contribution in [0.5, 0.6) is 0 Å². The molecule has 5 nitrogen and oxygen atoms in total. The number of amidine groups is 1. The number of nitrogens with zero attached hydrogens (tertiary/aromatic N) is 5. The van der Waals surface area contributed by atoms with E-state index in [0.717, 1.165) is 17.1 Å². The number of rotatable bonds is 5. The van der Waals surface area contributed by atoms with Crippen molar-refractivity contribution in [2.75, 3.05) is 27.1 Å². The predicted molar refractivity (Wildman–Crippen MR) is 97.3 cm³/mol. The number of alkyl halides is 1. The van der Waals surface area contributed by atoms with Gasteiger partial charge in [0.1, 0.15) is 11.4 Å². The van der Waals surface area contributed by atoms with Crippen LogP contribution in [0.25, 0.3) is 0 Å². The van der Waals surface area contributed by atoms with Crippen LogP contribution in [0.1, 0.15) is 5.56 Å². The van der Waals surface area contributed by atoms with Gasteiger partial charge in [-0.25, -0.2) is 0 Å². The van der Waals surface area contributed by atoms with Gasteiger partial charge in [0, 0.05) is 27.7 Å². The van der Waals surface area contributed by atoms with Crippen molar-refractivity contribution in [3.05, 3.63) is 59.6 Å². The largest absolute Gasteiger partial charge is 0.360 e. The lowest BCUT2D eigenvalue weighted by Gasteiger charge is -2.35. The van der Waals surface area contributed by atoms with Gasteiger partial charge in [0.15, 0.2) is 5.84 Å². The molecular formula is C17H22ClN5. The quantitative estimate of drug-likeness (QED) is 0.472. The normalized spacial score (nSPS) is 14.7. The standard InChI is InChI=1S/C17H22ClN5/c1-13-15(19-2)16(17(21(3)4)20-22(13)5)23(12-18)11-14-9-7-6-8-10-14/h6-10H,1-2,11-12H2,3-5H3. The van der Waals surface area contributed by atoms with Gasteiger partial charge < -0.3 is 9.80 Å². The Bertz CT molecular complexity index is 648. The summed E-state index contributed by atoms with van der Waals surface area (Å²) >= 11 is 6.24. The lowest BCUT2D eigenvalue weighted by molar-refractivity contribution is 0.366. The van der Waals surface area contributed by atoms with Gasteiger partial charge in [0.05, 0.1) is 11.7 Å². The predicted octanol–water partition coefficient (Wildman–Crippen LogP) is 2.93. The topological polar surface area (TPSA) is 34.4 Å². The first kappa shape index (κ1) is 17.1. The zero-order valence-electron chi connectivity index (χ0n) is 13.8. The minimum absolute atomic E-state index is 0.313. The van der Waals surface area contributed by atoms with E-state index < -0.39 is 0 Å². The van der Waals surface area contributed by atoms with Gasteiger partial charge in [0.25, 0.3) is 0 Å². The molecule has 0 saturated heterocycles. The first-order chi connectivity index (χ1) is 11.0. The Morgan fingerprint density at radius 3 is 2.43 bits per heavy atom. The van der Waals surface area contributed by atoms with E-state index in [9.17, 15) is 0 Å². The summed E-state index contributed by atoms with van der Waals surface area (Å²) in [5, 5.41) is 6.29. The second-order valence-electron chi connectivity index (χ2n) is 5.45. The summed E-state index contributed by atoms with van der Waals surface area (Å²) in [7, 11) is 5.73. The lowest BCUT2D eigenvalue weighted by atomic mass is 10.1. The van der Waals surface area contributed by atoms with Crippen molar-refractivity contribution in [1.82, 2.24) is 14.8 Å². The molecular weight excluding hydrogens is 310 g/mol. The van der Waals surface area contributed by atoms with Crippen LogP contribution >= 0.6 is 11.6 Å². The number of hydrogen-bond donors (Lipinski definition) is 0. The third-order valence-corrected chi connectivity index (χ3v) is 3.89. The first-order valence-corrected chi connectivity index (χ1v) is 7.78. The highest BCUT2D eigenvalue weighted by atomic mass is 35.5. The minimum Gasteiger partial charge on any atom is -0.360 e. The third-order valence-electron chi connectivity index (χ3n) is 3.60. The molecule has 122 valence electrons. The molecule has 0 saturated carbocycles. The van der Waals surface area contributed by atoms with Crippen molar-refractivity contribution < 1.29 is 0 Å². The van der Waals surface area contributed by atoms with Crippen LogP contribution in [0.3, 0.4) is 0 Å². The second-order valence-corrected chi connectivity index (χ2v) is 5.69. The average Bonchev–Trinajstić information content (AvgIpc) is 2.55. The van der Waals surface area contributed by atoms with Gasteiger partial charge in [0.2, 0.25) is 0 Å². The number of benzene rings is 1. The molecule has 0 radical (unpaired) electrons. The van der Waals surface area contributed by atoms with E-state index >= 15 is 0 Å². The number of likely N-dealkylation sites (N-methyl/N-ethyl adjacent to an activating group) is 2. The highest BCUT2D eigenvalue weighted by Crippen LogP contribution is 2.28. The summed E-state index contributed by atoms with van der Waals surface area (Å²) in [6.07, 6.45) is 0. The third kappa shape index (κ3) is 3.56. The number of hydrazone groups is 1. The van der Waals surface area contributed by atoms with E-state index in [1.807, 2.05) is 49.1 Å². The Kier molecular flexibility index (Phi) is 5.45. The van der Waals surface area contributed by atoms with Gasteiger partial charge in [-0.1, -0.05) is 36.9 Å². The molecule has 1 heterocycles. The van der Waals surface area contributed by atoms with Crippen LogP contribution in [0.15, 0.2) is 64.1 Å². The van der Waals surface area contributed by atoms with E-state index in [0.29, 0.717) is 23.9 Å². The molecule has 0 amide bonds. The van der Waals surface area contributed by atoms with Crippen LogP contribution in [-0.4, -0.2) is 54.5 Å². The number of hydrogen-bond acceptors (Lipinski definition) is 5. The SMILES string of the molecule is C=NC1=C(N(CCl)Cc2ccccc2)C(N(C)C)=NN(C)C1=C. The molecule has 0 fully saturated rings. The average molecular weight is 332 g/mol. The van der Waals surface area contributed by atoms with E-state index in [4.69, 9.17) is 11.6 Å². The molecule has 0 unspecified atom stereocenters. The Morgan fingerprint density at radius 1 is 1.26 bits per heavy atom. The Labute approximate surface area is 142 Å². The smallest absolute Gasteiger partial charge is 0.174 e. The molecule has 1 aromatic carbocycles. The maximum Gasteiger partial charge on any atom is 0.174 e. The Morgan fingerprint density at radius 2 is 1.91 bits per heavy atom. The van der Waals surface area contributed by atoms with E-state index in [1.165, 1.54) is 0 Å². The fourth-order valence-electron chi connectivity index (χ4n) is 2.39. The fraction of sp³-hybridized carbons (Fsp3) is 0.294. The molecule has 0 bridgehead atoms. The first-order valence-electron chi connectivity index (χ1n) is 7.24. The summed E-state index contributed by atoms with van der Waals surface area (Å²) in [4.78, 5) is 8.15. The highest BCUT2D eigenvalue weighted by molar-refractivity contribution is 6.18. The maximum atomic E-state index is 6.24. The van der Waals surface area contributed by atoms with Gasteiger partial charge in [-0.15, -0.1) is 11.6 Å². The molecule has 0 aliphatic carbocycles. The van der Waals surface area contributed by atoms with Crippen molar-refractivity contribution in [1.29, 1.82) is 0 Å². The Hall–Kier alpha value is -2.27. The van der Waals surface area contributed by atoms with Crippen molar-refractivity contribution in [2.45, 2.75) is 6.54 Å². The lowest BCUT2D eigenvalue weighted by Crippen LogP contribution is -2.39. The highest BCUT2D eigenvalue weighted by Gasteiger charge is 2.28. The van der Waals surface area contributed by atoms with Crippen molar-refractivity contribution in [3.63, 3.8) is 0 Å².